The first-order chi connectivity index (χ1) is 16.7. The second-order valence-electron chi connectivity index (χ2n) is 10.1. The lowest BCUT2D eigenvalue weighted by Gasteiger charge is -2.29. The summed E-state index contributed by atoms with van der Waals surface area (Å²) < 4.78 is 20.4. The number of rotatable bonds is 6. The number of amides is 3. The Balaban J connectivity index is 1.47. The van der Waals surface area contributed by atoms with Gasteiger partial charge >= 0.3 is 12.0 Å². The van der Waals surface area contributed by atoms with E-state index in [0.717, 1.165) is 27.7 Å². The monoisotopic (exact) mass is 477 g/mol. The number of para-hydroxylation sites is 1. The number of halogens is 1. The largest absolute Gasteiger partial charge is 0.469 e. The fourth-order valence-electron chi connectivity index (χ4n) is 5.31. The van der Waals surface area contributed by atoms with Gasteiger partial charge in [-0.1, -0.05) is 44.2 Å². The Bertz CT molecular complexity index is 1330. The van der Waals surface area contributed by atoms with Crippen molar-refractivity contribution in [2.24, 2.45) is 5.41 Å². The minimum Gasteiger partial charge on any atom is -0.469 e. The molecule has 0 radical (unpaired) electrons. The number of imide groups is 1. The van der Waals surface area contributed by atoms with Gasteiger partial charge in [-0.25, -0.2) is 9.18 Å². The van der Waals surface area contributed by atoms with Crippen LogP contribution >= 0.6 is 0 Å². The molecule has 2 aromatic carbocycles. The lowest BCUT2D eigenvalue weighted by atomic mass is 9.88. The Morgan fingerprint density at radius 3 is 2.54 bits per heavy atom. The molecule has 1 fully saturated rings. The first-order valence-electron chi connectivity index (χ1n) is 11.7. The smallest absolute Gasteiger partial charge is 0.327 e. The molecule has 3 amide bonds. The molecule has 1 atom stereocenters. The van der Waals surface area contributed by atoms with E-state index in [-0.39, 0.29) is 36.7 Å². The molecule has 0 bridgehead atoms. The number of hydrogen-bond donors (Lipinski definition) is 0. The standard InChI is InChI=1S/C27H28FN3O4/c1-27(2,13-24(32)35-3)16-31-25(33)22-12-20-19-6-4-5-7-21(19)29(23(20)15-30(22)26(31)34)14-17-8-10-18(28)11-9-17/h4-11,22H,12-16H2,1-3H3/t22-/m0/s1. The van der Waals surface area contributed by atoms with E-state index in [1.165, 1.54) is 24.1 Å². The van der Waals surface area contributed by atoms with Crippen molar-refractivity contribution >= 4 is 28.8 Å². The fraction of sp³-hybridized carbons (Fsp3) is 0.370. The van der Waals surface area contributed by atoms with Crippen LogP contribution in [0.15, 0.2) is 48.5 Å². The number of esters is 1. The number of aromatic nitrogens is 1. The minimum atomic E-state index is -0.607. The predicted molar refractivity (Wildman–Crippen MR) is 128 cm³/mol. The predicted octanol–water partition coefficient (Wildman–Crippen LogP) is 4.11. The van der Waals surface area contributed by atoms with Crippen LogP contribution in [0.2, 0.25) is 0 Å². The topological polar surface area (TPSA) is 71.8 Å². The Hall–Kier alpha value is -3.68. The highest BCUT2D eigenvalue weighted by atomic mass is 19.1. The van der Waals surface area contributed by atoms with E-state index >= 15 is 0 Å². The van der Waals surface area contributed by atoms with Crippen LogP contribution in [0.3, 0.4) is 0 Å². The maximum absolute atomic E-state index is 13.4. The highest BCUT2D eigenvalue weighted by Gasteiger charge is 2.49. The zero-order valence-electron chi connectivity index (χ0n) is 20.1. The van der Waals surface area contributed by atoms with Gasteiger partial charge in [-0.3, -0.25) is 14.5 Å². The summed E-state index contributed by atoms with van der Waals surface area (Å²) >= 11 is 0. The molecule has 0 unspecified atom stereocenters. The van der Waals surface area contributed by atoms with Crippen molar-refractivity contribution in [3.8, 4) is 0 Å². The molecule has 2 aliphatic heterocycles. The molecule has 0 saturated carbocycles. The third-order valence-electron chi connectivity index (χ3n) is 7.01. The Kier molecular flexibility index (Phi) is 5.62. The fourth-order valence-corrected chi connectivity index (χ4v) is 5.31. The van der Waals surface area contributed by atoms with E-state index in [1.54, 1.807) is 17.0 Å². The number of nitrogens with zero attached hydrogens (tertiary/aromatic N) is 3. The summed E-state index contributed by atoms with van der Waals surface area (Å²) in [4.78, 5) is 41.5. The van der Waals surface area contributed by atoms with Crippen molar-refractivity contribution < 1.29 is 23.5 Å². The van der Waals surface area contributed by atoms with Gasteiger partial charge in [-0.15, -0.1) is 0 Å². The summed E-state index contributed by atoms with van der Waals surface area (Å²) in [5.74, 6) is -0.887. The van der Waals surface area contributed by atoms with E-state index in [1.807, 2.05) is 38.1 Å². The van der Waals surface area contributed by atoms with Crippen LogP contribution in [0, 0.1) is 11.2 Å². The second kappa shape index (κ2) is 8.52. The van der Waals surface area contributed by atoms with Gasteiger partial charge in [0.1, 0.15) is 11.9 Å². The Morgan fingerprint density at radius 1 is 1.11 bits per heavy atom. The molecule has 0 N–H and O–H groups in total. The maximum atomic E-state index is 13.4. The van der Waals surface area contributed by atoms with E-state index < -0.39 is 11.5 Å². The number of methoxy groups -OCH3 is 1. The Morgan fingerprint density at radius 2 is 1.83 bits per heavy atom. The highest BCUT2D eigenvalue weighted by Crippen LogP contribution is 2.38. The van der Waals surface area contributed by atoms with Crippen LogP contribution in [0.4, 0.5) is 9.18 Å². The quantitative estimate of drug-likeness (QED) is 0.396. The van der Waals surface area contributed by atoms with Crippen LogP contribution in [-0.2, 0) is 33.8 Å². The molecule has 3 aromatic rings. The van der Waals surface area contributed by atoms with Crippen LogP contribution in [0.5, 0.6) is 0 Å². The summed E-state index contributed by atoms with van der Waals surface area (Å²) in [6.07, 6.45) is 0.545. The number of ether oxygens (including phenoxy) is 1. The van der Waals surface area contributed by atoms with Gasteiger partial charge in [0.15, 0.2) is 0 Å². The molecule has 0 spiro atoms. The molecule has 5 rings (SSSR count). The SMILES string of the molecule is COC(=O)CC(C)(C)CN1C(=O)[C@@H]2Cc3c(n(Cc4ccc(F)cc4)c4ccccc34)CN2C1=O. The summed E-state index contributed by atoms with van der Waals surface area (Å²) in [5, 5.41) is 1.06. The van der Waals surface area contributed by atoms with Gasteiger partial charge in [0.2, 0.25) is 0 Å². The number of benzene rings is 2. The number of fused-ring (bicyclic) bond motifs is 4. The average Bonchev–Trinajstić information content (AvgIpc) is 3.25. The number of carbonyl (C=O) groups is 3. The minimum absolute atomic E-state index is 0.110. The van der Waals surface area contributed by atoms with E-state index in [9.17, 15) is 18.8 Å². The highest BCUT2D eigenvalue weighted by molar-refractivity contribution is 6.05. The van der Waals surface area contributed by atoms with Crippen molar-refractivity contribution in [1.82, 2.24) is 14.4 Å². The van der Waals surface area contributed by atoms with Crippen molar-refractivity contribution in [3.05, 3.63) is 71.2 Å². The van der Waals surface area contributed by atoms with Crippen LogP contribution in [-0.4, -0.2) is 52.0 Å². The molecule has 8 heteroatoms. The molecule has 1 saturated heterocycles. The molecule has 2 aliphatic rings. The van der Waals surface area contributed by atoms with E-state index in [0.29, 0.717) is 19.5 Å². The van der Waals surface area contributed by atoms with Crippen LogP contribution in [0.25, 0.3) is 10.9 Å². The van der Waals surface area contributed by atoms with Crippen LogP contribution < -0.4 is 0 Å². The molecule has 0 aliphatic carbocycles. The third kappa shape index (κ3) is 4.07. The van der Waals surface area contributed by atoms with E-state index in [4.69, 9.17) is 4.74 Å². The summed E-state index contributed by atoms with van der Waals surface area (Å²) in [6.45, 7) is 4.69. The van der Waals surface area contributed by atoms with Crippen molar-refractivity contribution in [2.45, 2.75) is 45.8 Å². The normalized spacial score (nSPS) is 17.7. The lowest BCUT2D eigenvalue weighted by molar-refractivity contribution is -0.143. The average molecular weight is 478 g/mol. The zero-order chi connectivity index (χ0) is 24.9. The summed E-state index contributed by atoms with van der Waals surface area (Å²) in [7, 11) is 1.33. The Labute approximate surface area is 203 Å². The summed E-state index contributed by atoms with van der Waals surface area (Å²) in [5.41, 5.74) is 3.43. The molecule has 7 nitrogen and oxygen atoms in total. The first kappa shape index (κ1) is 23.1. The van der Waals surface area contributed by atoms with Gasteiger partial charge in [0.05, 0.1) is 20.1 Å². The van der Waals surface area contributed by atoms with Gasteiger partial charge in [0, 0.05) is 36.1 Å². The van der Waals surface area contributed by atoms with E-state index in [2.05, 4.69) is 4.57 Å². The van der Waals surface area contributed by atoms with Gasteiger partial charge in [-0.2, -0.15) is 0 Å². The van der Waals surface area contributed by atoms with Gasteiger partial charge in [-0.05, 0) is 34.7 Å². The zero-order valence-corrected chi connectivity index (χ0v) is 20.1. The van der Waals surface area contributed by atoms with Crippen molar-refractivity contribution in [1.29, 1.82) is 0 Å². The number of hydrogen-bond acceptors (Lipinski definition) is 4. The number of urea groups is 1. The molecule has 182 valence electrons. The molecular formula is C27H28FN3O4. The lowest BCUT2D eigenvalue weighted by Crippen LogP contribution is -2.41. The number of carbonyl (C=O) groups excluding carboxylic acids is 3. The first-order valence-corrected chi connectivity index (χ1v) is 11.7. The third-order valence-corrected chi connectivity index (χ3v) is 7.01. The molecule has 3 heterocycles. The molecular weight excluding hydrogens is 449 g/mol. The maximum Gasteiger partial charge on any atom is 0.327 e. The van der Waals surface area contributed by atoms with Crippen molar-refractivity contribution in [3.63, 3.8) is 0 Å². The molecule has 35 heavy (non-hydrogen) atoms. The molecule has 1 aromatic heterocycles. The van der Waals surface area contributed by atoms with Crippen molar-refractivity contribution in [2.75, 3.05) is 13.7 Å². The van der Waals surface area contributed by atoms with Gasteiger partial charge in [0.25, 0.3) is 5.91 Å². The second-order valence-corrected chi connectivity index (χ2v) is 10.1. The van der Waals surface area contributed by atoms with Gasteiger partial charge < -0.3 is 14.2 Å². The van der Waals surface area contributed by atoms with Crippen LogP contribution in [0.1, 0.15) is 37.1 Å². The summed E-state index contributed by atoms with van der Waals surface area (Å²) in [6, 6.07) is 13.5.